The fourth-order valence-electron chi connectivity index (χ4n) is 3.00. The summed E-state index contributed by atoms with van der Waals surface area (Å²) in [6.45, 7) is 2.01. The predicted molar refractivity (Wildman–Crippen MR) is 104 cm³/mol. The average molecular weight is 402 g/mol. The molecule has 0 saturated carbocycles. The van der Waals surface area contributed by atoms with Gasteiger partial charge in [0.2, 0.25) is 10.0 Å². The Balaban J connectivity index is 1.64. The van der Waals surface area contributed by atoms with Gasteiger partial charge in [0.05, 0.1) is 23.5 Å². The number of sulfonamides is 1. The molecule has 2 aromatic rings. The lowest BCUT2D eigenvalue weighted by Gasteiger charge is -2.34. The van der Waals surface area contributed by atoms with Gasteiger partial charge < -0.3 is 10.2 Å². The Morgan fingerprint density at radius 3 is 2.29 bits per heavy atom. The lowest BCUT2D eigenvalue weighted by atomic mass is 10.1. The lowest BCUT2D eigenvalue weighted by molar-refractivity contribution is 0.102. The van der Waals surface area contributed by atoms with E-state index in [-0.39, 0.29) is 11.1 Å². The highest BCUT2D eigenvalue weighted by Crippen LogP contribution is 2.21. The summed E-state index contributed by atoms with van der Waals surface area (Å²) in [5.74, 6) is -1.35. The molecule has 0 spiro atoms. The first-order valence-corrected chi connectivity index (χ1v) is 10.4. The van der Waals surface area contributed by atoms with Crippen molar-refractivity contribution in [3.05, 3.63) is 59.4 Å². The zero-order chi connectivity index (χ0) is 20.3. The molecular formula is C19H19FN4O3S. The Labute approximate surface area is 163 Å². The van der Waals surface area contributed by atoms with Crippen LogP contribution in [0, 0.1) is 17.1 Å². The van der Waals surface area contributed by atoms with Crippen LogP contribution in [0.1, 0.15) is 15.9 Å². The van der Waals surface area contributed by atoms with Gasteiger partial charge in [0.25, 0.3) is 5.91 Å². The van der Waals surface area contributed by atoms with E-state index in [9.17, 15) is 17.6 Å². The molecule has 0 aliphatic carbocycles. The fourth-order valence-corrected chi connectivity index (χ4v) is 3.83. The number of halogens is 1. The number of rotatable bonds is 4. The molecule has 3 rings (SSSR count). The molecule has 1 aliphatic rings. The summed E-state index contributed by atoms with van der Waals surface area (Å²) in [5, 5.41) is 11.4. The number of piperazine rings is 1. The smallest absolute Gasteiger partial charge is 0.258 e. The molecule has 1 saturated heterocycles. The van der Waals surface area contributed by atoms with Crippen LogP contribution in [0.5, 0.6) is 0 Å². The molecule has 0 bridgehead atoms. The highest BCUT2D eigenvalue weighted by molar-refractivity contribution is 7.88. The second kappa shape index (κ2) is 7.96. The van der Waals surface area contributed by atoms with Crippen LogP contribution in [-0.4, -0.2) is 51.1 Å². The van der Waals surface area contributed by atoms with Crippen molar-refractivity contribution in [3.8, 4) is 6.07 Å². The quantitative estimate of drug-likeness (QED) is 0.845. The summed E-state index contributed by atoms with van der Waals surface area (Å²) in [6.07, 6.45) is 1.21. The van der Waals surface area contributed by atoms with Gasteiger partial charge in [0.1, 0.15) is 5.82 Å². The minimum absolute atomic E-state index is 0.139. The number of benzene rings is 2. The standard InChI is InChI=1S/C19H19FN4O3S/c1-28(26,27)24-10-8-23(9-11-24)16-5-3-15(4-6-16)22-19(25)17-7-2-14(13-21)12-18(17)20/h2-7,12H,8-11H2,1H3,(H,22,25). The van der Waals surface area contributed by atoms with Crippen LogP contribution in [0.2, 0.25) is 0 Å². The Kier molecular flexibility index (Phi) is 5.63. The number of anilines is 2. The number of amides is 1. The van der Waals surface area contributed by atoms with Gasteiger partial charge in [-0.15, -0.1) is 0 Å². The number of carbonyl (C=O) groups is 1. The van der Waals surface area contributed by atoms with Gasteiger partial charge in [-0.2, -0.15) is 9.57 Å². The van der Waals surface area contributed by atoms with Gasteiger partial charge in [-0.1, -0.05) is 0 Å². The Morgan fingerprint density at radius 2 is 1.75 bits per heavy atom. The number of carbonyl (C=O) groups excluding carboxylic acids is 1. The maximum atomic E-state index is 13.9. The minimum atomic E-state index is -3.18. The first-order valence-electron chi connectivity index (χ1n) is 8.59. The molecule has 0 radical (unpaired) electrons. The molecule has 7 nitrogen and oxygen atoms in total. The molecule has 1 fully saturated rings. The minimum Gasteiger partial charge on any atom is -0.369 e. The molecule has 1 amide bonds. The predicted octanol–water partition coefficient (Wildman–Crippen LogP) is 2.03. The van der Waals surface area contributed by atoms with Crippen molar-refractivity contribution in [1.29, 1.82) is 5.26 Å². The van der Waals surface area contributed by atoms with Crippen molar-refractivity contribution in [2.75, 3.05) is 42.7 Å². The van der Waals surface area contributed by atoms with E-state index in [0.717, 1.165) is 11.8 Å². The summed E-state index contributed by atoms with van der Waals surface area (Å²) in [5.41, 5.74) is 1.43. The highest BCUT2D eigenvalue weighted by Gasteiger charge is 2.23. The van der Waals surface area contributed by atoms with Gasteiger partial charge in [-0.25, -0.2) is 12.8 Å². The van der Waals surface area contributed by atoms with E-state index in [1.165, 1.54) is 22.7 Å². The van der Waals surface area contributed by atoms with E-state index < -0.39 is 21.7 Å². The van der Waals surface area contributed by atoms with Gasteiger partial charge in [-0.3, -0.25) is 4.79 Å². The number of hydrogen-bond donors (Lipinski definition) is 1. The van der Waals surface area contributed by atoms with Crippen molar-refractivity contribution in [3.63, 3.8) is 0 Å². The number of hydrogen-bond acceptors (Lipinski definition) is 5. The number of nitrogens with zero attached hydrogens (tertiary/aromatic N) is 3. The molecule has 0 aromatic heterocycles. The summed E-state index contributed by atoms with van der Waals surface area (Å²) in [6, 6.07) is 12.6. The molecule has 1 heterocycles. The van der Waals surface area contributed by atoms with Crippen LogP contribution in [0.4, 0.5) is 15.8 Å². The van der Waals surface area contributed by atoms with Crippen molar-refractivity contribution >= 4 is 27.3 Å². The first-order chi connectivity index (χ1) is 13.3. The average Bonchev–Trinajstić information content (AvgIpc) is 2.67. The summed E-state index contributed by atoms with van der Waals surface area (Å²) in [7, 11) is -3.18. The Bertz CT molecular complexity index is 1020. The van der Waals surface area contributed by atoms with Crippen molar-refractivity contribution < 1.29 is 17.6 Å². The third-order valence-electron chi connectivity index (χ3n) is 4.54. The van der Waals surface area contributed by atoms with E-state index in [1.54, 1.807) is 12.1 Å². The van der Waals surface area contributed by atoms with Crippen LogP contribution in [0.3, 0.4) is 0 Å². The normalized spacial score (nSPS) is 15.1. The zero-order valence-corrected chi connectivity index (χ0v) is 16.0. The SMILES string of the molecule is CS(=O)(=O)N1CCN(c2ccc(NC(=O)c3ccc(C#N)cc3F)cc2)CC1. The van der Waals surface area contributed by atoms with E-state index in [4.69, 9.17) is 5.26 Å². The van der Waals surface area contributed by atoms with E-state index >= 15 is 0 Å². The molecule has 1 N–H and O–H groups in total. The summed E-state index contributed by atoms with van der Waals surface area (Å²) in [4.78, 5) is 14.3. The summed E-state index contributed by atoms with van der Waals surface area (Å²) < 4.78 is 38.6. The molecule has 1 aliphatic heterocycles. The summed E-state index contributed by atoms with van der Waals surface area (Å²) >= 11 is 0. The van der Waals surface area contributed by atoms with Crippen LogP contribution in [-0.2, 0) is 10.0 Å². The van der Waals surface area contributed by atoms with E-state index in [0.29, 0.717) is 31.9 Å². The zero-order valence-electron chi connectivity index (χ0n) is 15.2. The third kappa shape index (κ3) is 4.47. The van der Waals surface area contributed by atoms with E-state index in [1.807, 2.05) is 18.2 Å². The van der Waals surface area contributed by atoms with Crippen molar-refractivity contribution in [2.45, 2.75) is 0 Å². The van der Waals surface area contributed by atoms with Crippen molar-refractivity contribution in [1.82, 2.24) is 4.31 Å². The molecule has 9 heteroatoms. The van der Waals surface area contributed by atoms with Gasteiger partial charge in [0, 0.05) is 37.6 Å². The van der Waals surface area contributed by atoms with Crippen LogP contribution < -0.4 is 10.2 Å². The van der Waals surface area contributed by atoms with Crippen LogP contribution in [0.25, 0.3) is 0 Å². The number of nitriles is 1. The van der Waals surface area contributed by atoms with Gasteiger partial charge in [0.15, 0.2) is 0 Å². The lowest BCUT2D eigenvalue weighted by Crippen LogP contribution is -2.48. The molecule has 146 valence electrons. The molecule has 0 unspecified atom stereocenters. The molecule has 28 heavy (non-hydrogen) atoms. The molecule has 2 aromatic carbocycles. The second-order valence-corrected chi connectivity index (χ2v) is 8.44. The van der Waals surface area contributed by atoms with Crippen molar-refractivity contribution in [2.24, 2.45) is 0 Å². The number of nitrogens with one attached hydrogen (secondary N) is 1. The van der Waals surface area contributed by atoms with Gasteiger partial charge >= 0.3 is 0 Å². The first kappa shape index (κ1) is 19.8. The van der Waals surface area contributed by atoms with E-state index in [2.05, 4.69) is 10.2 Å². The molecule has 0 atom stereocenters. The van der Waals surface area contributed by atoms with Crippen LogP contribution in [0.15, 0.2) is 42.5 Å². The maximum Gasteiger partial charge on any atom is 0.258 e. The molecular weight excluding hydrogens is 383 g/mol. The maximum absolute atomic E-state index is 13.9. The topological polar surface area (TPSA) is 93.5 Å². The highest BCUT2D eigenvalue weighted by atomic mass is 32.2. The fraction of sp³-hybridized carbons (Fsp3) is 0.263. The second-order valence-electron chi connectivity index (χ2n) is 6.46. The Morgan fingerprint density at radius 1 is 1.11 bits per heavy atom. The monoisotopic (exact) mass is 402 g/mol. The van der Waals surface area contributed by atoms with Gasteiger partial charge in [-0.05, 0) is 42.5 Å². The largest absolute Gasteiger partial charge is 0.369 e. The Hall–Kier alpha value is -2.96. The third-order valence-corrected chi connectivity index (χ3v) is 5.84. The van der Waals surface area contributed by atoms with Crippen LogP contribution >= 0.6 is 0 Å².